The molecular formula is C26H21BrN2O3S. The van der Waals surface area contributed by atoms with Gasteiger partial charge in [-0.3, -0.25) is 14.6 Å². The van der Waals surface area contributed by atoms with E-state index in [2.05, 4.69) is 20.9 Å². The van der Waals surface area contributed by atoms with E-state index in [4.69, 9.17) is 4.74 Å². The normalized spacial score (nSPS) is 23.2. The van der Waals surface area contributed by atoms with E-state index in [9.17, 15) is 9.59 Å². The molecule has 1 aromatic heterocycles. The molecule has 0 saturated carbocycles. The number of aromatic nitrogens is 1. The number of ether oxygens (including phenoxy) is 1. The van der Waals surface area contributed by atoms with E-state index in [1.165, 1.54) is 0 Å². The van der Waals surface area contributed by atoms with Gasteiger partial charge in [0.25, 0.3) is 5.91 Å². The van der Waals surface area contributed by atoms with Crippen LogP contribution in [0.1, 0.15) is 22.9 Å². The summed E-state index contributed by atoms with van der Waals surface area (Å²) in [6.07, 6.45) is 3.01. The number of esters is 1. The summed E-state index contributed by atoms with van der Waals surface area (Å²) in [5, 5.41) is -0.0722. The summed E-state index contributed by atoms with van der Waals surface area (Å²) in [5.74, 6) is 0.0501. The summed E-state index contributed by atoms with van der Waals surface area (Å²) >= 11 is 5.19. The van der Waals surface area contributed by atoms with Crippen LogP contribution >= 0.6 is 27.7 Å². The lowest BCUT2D eigenvalue weighted by molar-refractivity contribution is -0.151. The van der Waals surface area contributed by atoms with Crippen molar-refractivity contribution in [2.24, 2.45) is 0 Å². The molecule has 0 bridgehead atoms. The van der Waals surface area contributed by atoms with E-state index < -0.39 is 10.4 Å². The number of hydrogen-bond acceptors (Lipinski definition) is 5. The first-order chi connectivity index (χ1) is 16.0. The lowest BCUT2D eigenvalue weighted by Gasteiger charge is -2.49. The first-order valence-electron chi connectivity index (χ1n) is 10.6. The van der Waals surface area contributed by atoms with Crippen molar-refractivity contribution < 1.29 is 14.3 Å². The third-order valence-electron chi connectivity index (χ3n) is 5.73. The molecule has 2 aliphatic heterocycles. The van der Waals surface area contributed by atoms with Gasteiger partial charge in [0.1, 0.15) is 9.70 Å². The van der Waals surface area contributed by atoms with Crippen LogP contribution in [0.4, 0.5) is 0 Å². The Morgan fingerprint density at radius 3 is 2.30 bits per heavy atom. The molecule has 7 heteroatoms. The third-order valence-corrected chi connectivity index (χ3v) is 8.44. The van der Waals surface area contributed by atoms with E-state index in [1.54, 1.807) is 22.9 Å². The number of β-lactam (4-membered cyclic amide) rings is 1. The fraction of sp³-hybridized carbons (Fsp3) is 0.192. The molecule has 2 aliphatic rings. The van der Waals surface area contributed by atoms with Gasteiger partial charge in [0.2, 0.25) is 0 Å². The monoisotopic (exact) mass is 520 g/mol. The number of carbonyl (C=O) groups excluding carboxylic acids is 2. The number of halogens is 1. The molecule has 3 aromatic rings. The molecular weight excluding hydrogens is 500 g/mol. The highest BCUT2D eigenvalue weighted by Crippen LogP contribution is 2.46. The molecule has 2 aromatic carbocycles. The van der Waals surface area contributed by atoms with Crippen molar-refractivity contribution in [2.45, 2.75) is 15.8 Å². The van der Waals surface area contributed by atoms with Crippen LogP contribution in [0, 0.1) is 0 Å². The van der Waals surface area contributed by atoms with Gasteiger partial charge in [-0.1, -0.05) is 82.7 Å². The fourth-order valence-electron chi connectivity index (χ4n) is 4.01. The Kier molecular flexibility index (Phi) is 6.08. The average molecular weight is 521 g/mol. The number of amides is 1. The van der Waals surface area contributed by atoms with E-state index in [-0.39, 0.29) is 23.8 Å². The van der Waals surface area contributed by atoms with Crippen LogP contribution in [0.5, 0.6) is 0 Å². The minimum atomic E-state index is -0.970. The maximum absolute atomic E-state index is 13.4. The molecule has 5 nitrogen and oxygen atoms in total. The van der Waals surface area contributed by atoms with E-state index in [0.29, 0.717) is 11.3 Å². The van der Waals surface area contributed by atoms with Crippen molar-refractivity contribution in [3.63, 3.8) is 0 Å². The van der Waals surface area contributed by atoms with Gasteiger partial charge in [-0.05, 0) is 29.3 Å². The van der Waals surface area contributed by atoms with Crippen LogP contribution in [-0.2, 0) is 14.3 Å². The molecule has 166 valence electrons. The fourth-order valence-corrected chi connectivity index (χ4v) is 6.10. The maximum atomic E-state index is 13.4. The van der Waals surface area contributed by atoms with Gasteiger partial charge in [-0.25, -0.2) is 0 Å². The number of hydrogen-bond donors (Lipinski definition) is 0. The Morgan fingerprint density at radius 2 is 1.70 bits per heavy atom. The first kappa shape index (κ1) is 21.9. The van der Waals surface area contributed by atoms with Crippen LogP contribution in [0.25, 0.3) is 6.08 Å². The van der Waals surface area contributed by atoms with Gasteiger partial charge in [0.15, 0.2) is 6.10 Å². The Hall–Kier alpha value is -2.90. The summed E-state index contributed by atoms with van der Waals surface area (Å²) in [6.45, 7) is 0.262. The van der Waals surface area contributed by atoms with Gasteiger partial charge >= 0.3 is 5.97 Å². The summed E-state index contributed by atoms with van der Waals surface area (Å²) in [7, 11) is 0. The summed E-state index contributed by atoms with van der Waals surface area (Å²) in [6, 6.07) is 25.0. The predicted octanol–water partition coefficient (Wildman–Crippen LogP) is 4.85. The predicted molar refractivity (Wildman–Crippen MR) is 133 cm³/mol. The number of rotatable bonds is 5. The molecule has 33 heavy (non-hydrogen) atoms. The van der Waals surface area contributed by atoms with Crippen molar-refractivity contribution in [1.82, 2.24) is 9.88 Å². The van der Waals surface area contributed by atoms with Gasteiger partial charge < -0.3 is 9.64 Å². The first-order valence-corrected chi connectivity index (χ1v) is 12.4. The lowest BCUT2D eigenvalue weighted by Crippen LogP contribution is -2.63. The number of nitrogens with zero attached hydrogens (tertiary/aromatic N) is 2. The molecule has 3 heterocycles. The van der Waals surface area contributed by atoms with Crippen molar-refractivity contribution >= 4 is 45.6 Å². The second-order valence-electron chi connectivity index (χ2n) is 8.02. The molecule has 2 fully saturated rings. The third kappa shape index (κ3) is 4.35. The molecule has 0 aliphatic carbocycles. The van der Waals surface area contributed by atoms with Crippen molar-refractivity contribution in [3.8, 4) is 0 Å². The molecule has 2 saturated heterocycles. The van der Waals surface area contributed by atoms with Gasteiger partial charge in [-0.15, -0.1) is 11.8 Å². The second kappa shape index (κ2) is 9.15. The topological polar surface area (TPSA) is 59.5 Å². The van der Waals surface area contributed by atoms with Crippen LogP contribution in [-0.4, -0.2) is 43.8 Å². The number of thioether (sulfide) groups is 1. The zero-order valence-corrected chi connectivity index (χ0v) is 20.0. The van der Waals surface area contributed by atoms with Crippen molar-refractivity contribution in [2.75, 3.05) is 12.3 Å². The number of carbonyl (C=O) groups is 2. The lowest BCUT2D eigenvalue weighted by atomic mass is 9.99. The second-order valence-corrected chi connectivity index (χ2v) is 10.6. The molecule has 0 N–H and O–H groups in total. The summed E-state index contributed by atoms with van der Waals surface area (Å²) in [4.78, 5) is 32.2. The van der Waals surface area contributed by atoms with E-state index in [1.807, 2.05) is 84.9 Å². The highest BCUT2D eigenvalue weighted by molar-refractivity contribution is 9.10. The number of fused-ring (bicyclic) bond motifs is 1. The van der Waals surface area contributed by atoms with E-state index in [0.717, 1.165) is 16.8 Å². The van der Waals surface area contributed by atoms with Crippen molar-refractivity contribution in [3.05, 3.63) is 107 Å². The zero-order valence-electron chi connectivity index (χ0n) is 17.6. The van der Waals surface area contributed by atoms with Crippen LogP contribution in [0.3, 0.4) is 0 Å². The molecule has 0 radical (unpaired) electrons. The van der Waals surface area contributed by atoms with Crippen molar-refractivity contribution in [1.29, 1.82) is 0 Å². The number of benzene rings is 2. The Labute approximate surface area is 205 Å². The standard InChI is InChI=1S/C26H21BrN2O3S/c27-26(16-29-23(30)21(24(29)33-17-26)15-20-13-7-8-14-28-20)25(31)32-22(18-9-3-1-4-10-18)19-11-5-2-6-12-19/h1-15,22,24H,16-17H2/t24-,26?/m1/s1. The highest BCUT2D eigenvalue weighted by atomic mass is 79.9. The minimum absolute atomic E-state index is 0.0721. The van der Waals surface area contributed by atoms with Crippen LogP contribution < -0.4 is 0 Å². The number of alkyl halides is 1. The van der Waals surface area contributed by atoms with Crippen LogP contribution in [0.2, 0.25) is 0 Å². The molecule has 5 rings (SSSR count). The van der Waals surface area contributed by atoms with Crippen LogP contribution in [0.15, 0.2) is 90.6 Å². The molecule has 1 amide bonds. The SMILES string of the molecule is O=C1C(=Cc2ccccn2)[C@H]2SCC(Br)(C(=O)OC(c3ccccc3)c3ccccc3)CN12. The zero-order chi connectivity index (χ0) is 22.8. The summed E-state index contributed by atoms with van der Waals surface area (Å²) in [5.41, 5.74) is 3.27. The maximum Gasteiger partial charge on any atom is 0.326 e. The van der Waals surface area contributed by atoms with Gasteiger partial charge in [-0.2, -0.15) is 0 Å². The largest absolute Gasteiger partial charge is 0.451 e. The average Bonchev–Trinajstić information content (AvgIpc) is 2.87. The van der Waals surface area contributed by atoms with E-state index >= 15 is 0 Å². The van der Waals surface area contributed by atoms with Gasteiger partial charge in [0.05, 0.1) is 11.3 Å². The molecule has 1 unspecified atom stereocenters. The Morgan fingerprint density at radius 1 is 1.06 bits per heavy atom. The number of pyridine rings is 1. The minimum Gasteiger partial charge on any atom is -0.451 e. The molecule has 0 spiro atoms. The van der Waals surface area contributed by atoms with Gasteiger partial charge in [0, 0.05) is 18.5 Å². The smallest absolute Gasteiger partial charge is 0.326 e. The Balaban J connectivity index is 1.33. The molecule has 2 atom stereocenters. The Bertz CT molecular complexity index is 1150. The highest BCUT2D eigenvalue weighted by Gasteiger charge is 2.54. The quantitative estimate of drug-likeness (QED) is 0.208. The summed E-state index contributed by atoms with van der Waals surface area (Å²) < 4.78 is 5.10.